The van der Waals surface area contributed by atoms with Crippen molar-refractivity contribution >= 4 is 5.91 Å². The minimum Gasteiger partial charge on any atom is -0.508 e. The van der Waals surface area contributed by atoms with Gasteiger partial charge in [0.25, 0.3) is 5.91 Å². The van der Waals surface area contributed by atoms with Gasteiger partial charge in [-0.2, -0.15) is 0 Å². The fourth-order valence-corrected chi connectivity index (χ4v) is 3.71. The lowest BCUT2D eigenvalue weighted by Gasteiger charge is -2.27. The molecule has 0 aliphatic carbocycles. The number of aromatic hydroxyl groups is 2. The van der Waals surface area contributed by atoms with Crippen molar-refractivity contribution in [3.05, 3.63) is 59.2 Å². The molecule has 2 aromatic carbocycles. The number of phenols is 2. The van der Waals surface area contributed by atoms with Gasteiger partial charge in [0.2, 0.25) is 0 Å². The van der Waals surface area contributed by atoms with Crippen molar-refractivity contribution in [3.63, 3.8) is 0 Å². The first-order valence-corrected chi connectivity index (χ1v) is 8.89. The number of hydrogen-bond acceptors (Lipinski definition) is 3. The zero-order valence-corrected chi connectivity index (χ0v) is 14.8. The van der Waals surface area contributed by atoms with Gasteiger partial charge >= 0.3 is 0 Å². The van der Waals surface area contributed by atoms with Crippen LogP contribution in [0.15, 0.2) is 42.5 Å². The Bertz CT molecular complexity index is 744. The van der Waals surface area contributed by atoms with E-state index in [1.54, 1.807) is 24.3 Å². The Labute approximate surface area is 148 Å². The molecule has 0 aromatic heterocycles. The first-order valence-electron chi connectivity index (χ1n) is 8.89. The van der Waals surface area contributed by atoms with E-state index < -0.39 is 0 Å². The first-order chi connectivity index (χ1) is 12.0. The number of hydrogen-bond donors (Lipinski definition) is 2. The Morgan fingerprint density at radius 3 is 2.28 bits per heavy atom. The number of benzene rings is 2. The summed E-state index contributed by atoms with van der Waals surface area (Å²) < 4.78 is 0. The van der Waals surface area contributed by atoms with Crippen molar-refractivity contribution in [2.24, 2.45) is 0 Å². The molecule has 0 bridgehead atoms. The number of phenolic OH excluding ortho intramolecular Hbond substituents is 2. The number of amides is 1. The maximum Gasteiger partial charge on any atom is 0.258 e. The van der Waals surface area contributed by atoms with Crippen LogP contribution in [0.1, 0.15) is 48.2 Å². The smallest absolute Gasteiger partial charge is 0.258 e. The van der Waals surface area contributed by atoms with E-state index in [1.165, 1.54) is 0 Å². The Kier molecular flexibility index (Phi) is 4.98. The molecule has 4 heteroatoms. The van der Waals surface area contributed by atoms with Crippen LogP contribution >= 0.6 is 0 Å². The molecule has 2 atom stereocenters. The number of carbonyl (C=O) groups excluding carboxylic acids is 1. The van der Waals surface area contributed by atoms with E-state index in [0.717, 1.165) is 30.4 Å². The molecule has 0 unspecified atom stereocenters. The maximum atomic E-state index is 13.1. The number of likely N-dealkylation sites (tertiary alicyclic amines) is 1. The number of rotatable bonds is 4. The van der Waals surface area contributed by atoms with Crippen LogP contribution < -0.4 is 0 Å². The monoisotopic (exact) mass is 339 g/mol. The second kappa shape index (κ2) is 7.18. The molecule has 1 saturated heterocycles. The van der Waals surface area contributed by atoms with Crippen molar-refractivity contribution in [2.45, 2.75) is 51.6 Å². The van der Waals surface area contributed by atoms with Crippen molar-refractivity contribution in [2.75, 3.05) is 0 Å². The Balaban J connectivity index is 1.84. The SMILES string of the molecule is C[C@@H]1CC[C@@H](C)N1C(=O)c1c(O)cccc1CCc1ccc(O)cc1. The molecule has 132 valence electrons. The summed E-state index contributed by atoms with van der Waals surface area (Å²) in [6.45, 7) is 4.13. The van der Waals surface area contributed by atoms with E-state index in [9.17, 15) is 15.0 Å². The lowest BCUT2D eigenvalue weighted by molar-refractivity contribution is 0.0688. The average Bonchev–Trinajstić information content (AvgIpc) is 2.92. The topological polar surface area (TPSA) is 60.8 Å². The number of carbonyl (C=O) groups is 1. The van der Waals surface area contributed by atoms with E-state index in [-0.39, 0.29) is 29.5 Å². The highest BCUT2D eigenvalue weighted by Crippen LogP contribution is 2.30. The third-order valence-corrected chi connectivity index (χ3v) is 5.15. The zero-order chi connectivity index (χ0) is 18.0. The van der Waals surface area contributed by atoms with E-state index in [4.69, 9.17) is 0 Å². The average molecular weight is 339 g/mol. The molecular formula is C21H25NO3. The van der Waals surface area contributed by atoms with Gasteiger partial charge in [-0.1, -0.05) is 24.3 Å². The second-order valence-corrected chi connectivity index (χ2v) is 6.97. The van der Waals surface area contributed by atoms with Crippen LogP contribution in [0.25, 0.3) is 0 Å². The van der Waals surface area contributed by atoms with Gasteiger partial charge in [0.1, 0.15) is 11.5 Å². The van der Waals surface area contributed by atoms with Crippen molar-refractivity contribution in [1.29, 1.82) is 0 Å². The van der Waals surface area contributed by atoms with E-state index in [2.05, 4.69) is 13.8 Å². The zero-order valence-electron chi connectivity index (χ0n) is 14.8. The Morgan fingerprint density at radius 2 is 1.64 bits per heavy atom. The lowest BCUT2D eigenvalue weighted by atomic mass is 9.97. The molecule has 1 aliphatic rings. The third-order valence-electron chi connectivity index (χ3n) is 5.15. The number of aryl methyl sites for hydroxylation is 2. The van der Waals surface area contributed by atoms with Gasteiger partial charge < -0.3 is 15.1 Å². The summed E-state index contributed by atoms with van der Waals surface area (Å²) >= 11 is 0. The van der Waals surface area contributed by atoms with Gasteiger partial charge in [0, 0.05) is 12.1 Å². The normalized spacial score (nSPS) is 20.0. The molecule has 0 saturated carbocycles. The number of nitrogens with zero attached hydrogens (tertiary/aromatic N) is 1. The van der Waals surface area contributed by atoms with Crippen LogP contribution in [0, 0.1) is 0 Å². The minimum absolute atomic E-state index is 0.0551. The summed E-state index contributed by atoms with van der Waals surface area (Å²) in [5.74, 6) is 0.227. The largest absolute Gasteiger partial charge is 0.508 e. The molecule has 0 spiro atoms. The van der Waals surface area contributed by atoms with Gasteiger partial charge in [-0.05, 0) is 68.9 Å². The molecule has 2 N–H and O–H groups in total. The molecule has 1 heterocycles. The van der Waals surface area contributed by atoms with Gasteiger partial charge in [0.05, 0.1) is 5.56 Å². The van der Waals surface area contributed by atoms with Crippen LogP contribution in [0.4, 0.5) is 0 Å². The van der Waals surface area contributed by atoms with Gasteiger partial charge in [-0.3, -0.25) is 4.79 Å². The Morgan fingerprint density at radius 1 is 1.00 bits per heavy atom. The van der Waals surface area contributed by atoms with Crippen LogP contribution in [0.3, 0.4) is 0 Å². The van der Waals surface area contributed by atoms with E-state index in [1.807, 2.05) is 23.1 Å². The van der Waals surface area contributed by atoms with Crippen molar-refractivity contribution in [3.8, 4) is 11.5 Å². The Hall–Kier alpha value is -2.49. The predicted molar refractivity (Wildman–Crippen MR) is 97.9 cm³/mol. The molecule has 1 amide bonds. The van der Waals surface area contributed by atoms with Gasteiger partial charge in [-0.25, -0.2) is 0 Å². The summed E-state index contributed by atoms with van der Waals surface area (Å²) in [7, 11) is 0. The third kappa shape index (κ3) is 3.63. The minimum atomic E-state index is -0.0729. The summed E-state index contributed by atoms with van der Waals surface area (Å²) in [4.78, 5) is 15.0. The van der Waals surface area contributed by atoms with Gasteiger partial charge in [-0.15, -0.1) is 0 Å². The lowest BCUT2D eigenvalue weighted by Crippen LogP contribution is -2.39. The van der Waals surface area contributed by atoms with Crippen LogP contribution in [-0.2, 0) is 12.8 Å². The van der Waals surface area contributed by atoms with Crippen LogP contribution in [-0.4, -0.2) is 33.1 Å². The van der Waals surface area contributed by atoms with Crippen LogP contribution in [0.2, 0.25) is 0 Å². The fraction of sp³-hybridized carbons (Fsp3) is 0.381. The van der Waals surface area contributed by atoms with Crippen molar-refractivity contribution < 1.29 is 15.0 Å². The first kappa shape index (κ1) is 17.3. The highest BCUT2D eigenvalue weighted by molar-refractivity contribution is 5.98. The summed E-state index contributed by atoms with van der Waals surface area (Å²) in [6, 6.07) is 12.8. The van der Waals surface area contributed by atoms with Gasteiger partial charge in [0.15, 0.2) is 0 Å². The molecule has 2 aromatic rings. The quantitative estimate of drug-likeness (QED) is 0.888. The summed E-state index contributed by atoms with van der Waals surface area (Å²) in [5.41, 5.74) is 2.38. The predicted octanol–water partition coefficient (Wildman–Crippen LogP) is 3.90. The molecule has 25 heavy (non-hydrogen) atoms. The van der Waals surface area contributed by atoms with E-state index in [0.29, 0.717) is 12.0 Å². The van der Waals surface area contributed by atoms with Crippen LogP contribution in [0.5, 0.6) is 11.5 Å². The summed E-state index contributed by atoms with van der Waals surface area (Å²) in [6.07, 6.45) is 3.42. The standard InChI is InChI=1S/C21H25NO3/c1-14-6-7-15(2)22(14)21(25)20-17(4-3-5-19(20)24)11-8-16-9-12-18(23)13-10-16/h3-5,9-10,12-15,23-24H,6-8,11H2,1-2H3/t14-,15-/m1/s1. The highest BCUT2D eigenvalue weighted by Gasteiger charge is 2.33. The highest BCUT2D eigenvalue weighted by atomic mass is 16.3. The molecule has 0 radical (unpaired) electrons. The molecule has 1 aliphatic heterocycles. The fourth-order valence-electron chi connectivity index (χ4n) is 3.71. The summed E-state index contributed by atoms with van der Waals surface area (Å²) in [5, 5.41) is 19.7. The molecule has 4 nitrogen and oxygen atoms in total. The van der Waals surface area contributed by atoms with Crippen molar-refractivity contribution in [1.82, 2.24) is 4.90 Å². The molecular weight excluding hydrogens is 314 g/mol. The molecule has 3 rings (SSSR count). The second-order valence-electron chi connectivity index (χ2n) is 6.97. The maximum absolute atomic E-state index is 13.1. The van der Waals surface area contributed by atoms with E-state index >= 15 is 0 Å². The molecule has 1 fully saturated rings.